The lowest BCUT2D eigenvalue weighted by molar-refractivity contribution is 0.141. The van der Waals surface area contributed by atoms with E-state index in [0.717, 1.165) is 24.6 Å². The van der Waals surface area contributed by atoms with Crippen LogP contribution in [0.2, 0.25) is 0 Å². The van der Waals surface area contributed by atoms with Crippen molar-refractivity contribution in [2.45, 2.75) is 25.8 Å². The first kappa shape index (κ1) is 12.5. The topological polar surface area (TPSA) is 29.3 Å². The second-order valence-corrected chi connectivity index (χ2v) is 5.02. The van der Waals surface area contributed by atoms with E-state index in [4.69, 9.17) is 5.73 Å². The van der Waals surface area contributed by atoms with Crippen LogP contribution in [0, 0.1) is 11.7 Å². The van der Waals surface area contributed by atoms with Crippen molar-refractivity contribution >= 4 is 0 Å². The van der Waals surface area contributed by atoms with Crippen molar-refractivity contribution in [2.75, 3.05) is 19.6 Å². The van der Waals surface area contributed by atoms with E-state index >= 15 is 0 Å². The monoisotopic (exact) mass is 236 g/mol. The zero-order chi connectivity index (χ0) is 12.3. The van der Waals surface area contributed by atoms with Gasteiger partial charge >= 0.3 is 0 Å². The molecule has 2 nitrogen and oxygen atoms in total. The Kier molecular flexibility index (Phi) is 4.13. The Labute approximate surface area is 103 Å². The van der Waals surface area contributed by atoms with E-state index in [0.29, 0.717) is 6.54 Å². The van der Waals surface area contributed by atoms with Crippen molar-refractivity contribution in [3.8, 4) is 0 Å². The highest BCUT2D eigenvalue weighted by atomic mass is 19.1. The van der Waals surface area contributed by atoms with Crippen LogP contribution >= 0.6 is 0 Å². The average Bonchev–Trinajstić information content (AvgIpc) is 2.33. The van der Waals surface area contributed by atoms with Crippen molar-refractivity contribution in [1.82, 2.24) is 4.90 Å². The van der Waals surface area contributed by atoms with Gasteiger partial charge in [0.1, 0.15) is 5.82 Å². The van der Waals surface area contributed by atoms with Gasteiger partial charge in [0.05, 0.1) is 0 Å². The number of hydrogen-bond acceptors (Lipinski definition) is 2. The van der Waals surface area contributed by atoms with Crippen LogP contribution in [0.3, 0.4) is 0 Å². The first-order valence-corrected chi connectivity index (χ1v) is 6.40. The Balaban J connectivity index is 2.10. The highest BCUT2D eigenvalue weighted by Gasteiger charge is 2.23. The second-order valence-electron chi connectivity index (χ2n) is 5.02. The fraction of sp³-hybridized carbons (Fsp3) is 0.571. The summed E-state index contributed by atoms with van der Waals surface area (Å²) in [7, 11) is 0. The normalized spacial score (nSPS) is 20.4. The van der Waals surface area contributed by atoms with Crippen LogP contribution in [0.15, 0.2) is 24.3 Å². The minimum absolute atomic E-state index is 0.165. The van der Waals surface area contributed by atoms with Crippen LogP contribution in [0.25, 0.3) is 0 Å². The van der Waals surface area contributed by atoms with E-state index < -0.39 is 0 Å². The Morgan fingerprint density at radius 3 is 2.71 bits per heavy atom. The van der Waals surface area contributed by atoms with Crippen LogP contribution in [0.5, 0.6) is 0 Å². The van der Waals surface area contributed by atoms with E-state index in [-0.39, 0.29) is 11.9 Å². The Morgan fingerprint density at radius 2 is 2.12 bits per heavy atom. The molecule has 1 heterocycles. The van der Waals surface area contributed by atoms with Crippen LogP contribution in [0.1, 0.15) is 31.4 Å². The number of benzene rings is 1. The number of nitrogens with two attached hydrogens (primary N) is 1. The van der Waals surface area contributed by atoms with E-state index in [1.165, 1.54) is 18.9 Å². The molecule has 0 radical (unpaired) electrons. The molecular weight excluding hydrogens is 215 g/mol. The summed E-state index contributed by atoms with van der Waals surface area (Å²) in [6.45, 7) is 4.98. The van der Waals surface area contributed by atoms with E-state index in [2.05, 4.69) is 11.8 Å². The summed E-state index contributed by atoms with van der Waals surface area (Å²) >= 11 is 0. The lowest BCUT2D eigenvalue weighted by Gasteiger charge is -2.36. The maximum atomic E-state index is 13.2. The molecule has 1 aromatic carbocycles. The lowest BCUT2D eigenvalue weighted by Crippen LogP contribution is -2.39. The van der Waals surface area contributed by atoms with Gasteiger partial charge in [0.2, 0.25) is 0 Å². The van der Waals surface area contributed by atoms with Crippen LogP contribution < -0.4 is 5.73 Å². The quantitative estimate of drug-likeness (QED) is 0.874. The maximum absolute atomic E-state index is 13.2. The Bertz CT molecular complexity index is 359. The van der Waals surface area contributed by atoms with Crippen molar-refractivity contribution in [3.05, 3.63) is 35.6 Å². The zero-order valence-corrected chi connectivity index (χ0v) is 10.4. The van der Waals surface area contributed by atoms with Gasteiger partial charge in [-0.05, 0) is 49.5 Å². The molecule has 0 aliphatic carbocycles. The van der Waals surface area contributed by atoms with Gasteiger partial charge in [-0.2, -0.15) is 0 Å². The molecule has 1 aromatic rings. The summed E-state index contributed by atoms with van der Waals surface area (Å²) in [5, 5.41) is 0. The molecule has 1 aliphatic heterocycles. The molecule has 1 saturated heterocycles. The molecule has 0 unspecified atom stereocenters. The number of halogens is 1. The van der Waals surface area contributed by atoms with Crippen molar-refractivity contribution in [2.24, 2.45) is 11.7 Å². The summed E-state index contributed by atoms with van der Waals surface area (Å²) < 4.78 is 13.2. The molecule has 0 aromatic heterocycles. The van der Waals surface area contributed by atoms with Crippen molar-refractivity contribution < 1.29 is 4.39 Å². The molecule has 94 valence electrons. The zero-order valence-electron chi connectivity index (χ0n) is 10.4. The van der Waals surface area contributed by atoms with Crippen molar-refractivity contribution in [1.29, 1.82) is 0 Å². The minimum Gasteiger partial charge on any atom is -0.329 e. The molecule has 0 amide bonds. The molecule has 3 heteroatoms. The molecule has 0 spiro atoms. The molecule has 0 saturated carbocycles. The molecule has 1 atom stereocenters. The van der Waals surface area contributed by atoms with Gasteiger partial charge in [0, 0.05) is 12.6 Å². The smallest absolute Gasteiger partial charge is 0.123 e. The van der Waals surface area contributed by atoms with Gasteiger partial charge in [-0.1, -0.05) is 19.1 Å². The summed E-state index contributed by atoms with van der Waals surface area (Å²) in [5.74, 6) is 0.628. The lowest BCUT2D eigenvalue weighted by atomic mass is 9.96. The minimum atomic E-state index is -0.175. The second kappa shape index (κ2) is 5.61. The Morgan fingerprint density at radius 1 is 1.41 bits per heavy atom. The highest BCUT2D eigenvalue weighted by molar-refractivity contribution is 5.20. The van der Waals surface area contributed by atoms with Crippen molar-refractivity contribution in [3.63, 3.8) is 0 Å². The van der Waals surface area contributed by atoms with Crippen LogP contribution in [-0.4, -0.2) is 24.5 Å². The van der Waals surface area contributed by atoms with Gasteiger partial charge in [0.15, 0.2) is 0 Å². The fourth-order valence-corrected chi connectivity index (χ4v) is 2.55. The number of rotatable bonds is 3. The van der Waals surface area contributed by atoms with Gasteiger partial charge in [0.25, 0.3) is 0 Å². The molecule has 1 fully saturated rings. The number of hydrogen-bond donors (Lipinski definition) is 1. The number of nitrogens with zero attached hydrogens (tertiary/aromatic N) is 1. The van der Waals surface area contributed by atoms with Crippen LogP contribution in [-0.2, 0) is 0 Å². The Hall–Kier alpha value is -0.930. The molecule has 17 heavy (non-hydrogen) atoms. The van der Waals surface area contributed by atoms with Gasteiger partial charge < -0.3 is 5.73 Å². The predicted molar refractivity (Wildman–Crippen MR) is 68.2 cm³/mol. The highest BCUT2D eigenvalue weighted by Crippen LogP contribution is 2.26. The first-order valence-electron chi connectivity index (χ1n) is 6.40. The SMILES string of the molecule is CC1CCN([C@H](CN)c2cccc(F)c2)CC1. The largest absolute Gasteiger partial charge is 0.329 e. The van der Waals surface area contributed by atoms with E-state index in [1.807, 2.05) is 6.07 Å². The van der Waals surface area contributed by atoms with E-state index in [1.54, 1.807) is 12.1 Å². The molecular formula is C14H21FN2. The third kappa shape index (κ3) is 3.05. The predicted octanol–water partition coefficient (Wildman–Crippen LogP) is 2.56. The average molecular weight is 236 g/mol. The first-order chi connectivity index (χ1) is 8.20. The van der Waals surface area contributed by atoms with Gasteiger partial charge in [-0.15, -0.1) is 0 Å². The maximum Gasteiger partial charge on any atom is 0.123 e. The molecule has 2 rings (SSSR count). The van der Waals surface area contributed by atoms with Gasteiger partial charge in [-0.25, -0.2) is 4.39 Å². The molecule has 0 bridgehead atoms. The summed E-state index contributed by atoms with van der Waals surface area (Å²) in [6, 6.07) is 6.99. The standard InChI is InChI=1S/C14H21FN2/c1-11-5-7-17(8-6-11)14(10-16)12-3-2-4-13(15)9-12/h2-4,9,11,14H,5-8,10,16H2,1H3/t14-/m1/s1. The molecule has 2 N–H and O–H groups in total. The third-order valence-corrected chi connectivity index (χ3v) is 3.72. The van der Waals surface area contributed by atoms with Gasteiger partial charge in [-0.3, -0.25) is 4.90 Å². The number of piperidine rings is 1. The summed E-state index contributed by atoms with van der Waals surface area (Å²) in [4.78, 5) is 2.38. The van der Waals surface area contributed by atoms with Crippen LogP contribution in [0.4, 0.5) is 4.39 Å². The van der Waals surface area contributed by atoms with E-state index in [9.17, 15) is 4.39 Å². The molecule has 1 aliphatic rings. The summed E-state index contributed by atoms with van der Waals surface area (Å²) in [6.07, 6.45) is 2.43. The summed E-state index contributed by atoms with van der Waals surface area (Å²) in [5.41, 5.74) is 6.86. The number of likely N-dealkylation sites (tertiary alicyclic amines) is 1. The third-order valence-electron chi connectivity index (χ3n) is 3.72. The fourth-order valence-electron chi connectivity index (χ4n) is 2.55.